The Hall–Kier alpha value is -2.34. The van der Waals surface area contributed by atoms with Gasteiger partial charge in [-0.25, -0.2) is 19.3 Å². The van der Waals surface area contributed by atoms with E-state index in [1.165, 1.54) is 12.4 Å². The second-order valence-electron chi connectivity index (χ2n) is 5.16. The molecule has 21 heavy (non-hydrogen) atoms. The molecule has 0 aliphatic carbocycles. The van der Waals surface area contributed by atoms with Gasteiger partial charge in [0, 0.05) is 6.54 Å². The van der Waals surface area contributed by atoms with E-state index in [-0.39, 0.29) is 11.9 Å². The minimum Gasteiger partial charge on any atom is -0.315 e. The number of aromatic nitrogens is 4. The molecule has 1 aromatic carbocycles. The molecular formula is C15H14FN5. The monoisotopic (exact) mass is 283 g/mol. The van der Waals surface area contributed by atoms with E-state index in [0.717, 1.165) is 25.2 Å². The minimum absolute atomic E-state index is 0.236. The summed E-state index contributed by atoms with van der Waals surface area (Å²) in [5, 5.41) is 3.33. The molecule has 1 saturated heterocycles. The van der Waals surface area contributed by atoms with Crippen molar-refractivity contribution in [2.45, 2.75) is 12.5 Å². The summed E-state index contributed by atoms with van der Waals surface area (Å²) in [5.41, 5.74) is 1.96. The van der Waals surface area contributed by atoms with Crippen LogP contribution in [0.25, 0.3) is 22.6 Å². The highest BCUT2D eigenvalue weighted by molar-refractivity contribution is 5.76. The first-order chi connectivity index (χ1) is 10.3. The number of benzene rings is 1. The first-order valence-electron chi connectivity index (χ1n) is 6.98. The molecule has 6 heteroatoms. The lowest BCUT2D eigenvalue weighted by molar-refractivity contribution is 0.559. The number of halogens is 1. The van der Waals surface area contributed by atoms with Gasteiger partial charge in [0.2, 0.25) is 0 Å². The molecule has 5 nitrogen and oxygen atoms in total. The molecule has 0 spiro atoms. The van der Waals surface area contributed by atoms with Crippen LogP contribution in [0.3, 0.4) is 0 Å². The highest BCUT2D eigenvalue weighted by Crippen LogP contribution is 2.30. The van der Waals surface area contributed by atoms with Crippen LogP contribution in [-0.2, 0) is 0 Å². The van der Waals surface area contributed by atoms with E-state index in [1.54, 1.807) is 18.3 Å². The van der Waals surface area contributed by atoms with Gasteiger partial charge in [-0.1, -0.05) is 12.1 Å². The molecular weight excluding hydrogens is 269 g/mol. The zero-order valence-electron chi connectivity index (χ0n) is 11.3. The third-order valence-electron chi connectivity index (χ3n) is 3.87. The van der Waals surface area contributed by atoms with Gasteiger partial charge in [0.05, 0.1) is 17.8 Å². The summed E-state index contributed by atoms with van der Waals surface area (Å²) in [7, 11) is 0. The predicted octanol–water partition coefficient (Wildman–Crippen LogP) is 2.17. The van der Waals surface area contributed by atoms with Gasteiger partial charge in [0.1, 0.15) is 23.5 Å². The number of imidazole rings is 1. The summed E-state index contributed by atoms with van der Waals surface area (Å²) in [6.07, 6.45) is 4.16. The number of nitrogens with one attached hydrogen (secondary N) is 1. The zero-order chi connectivity index (χ0) is 14.2. The third-order valence-corrected chi connectivity index (χ3v) is 3.87. The average Bonchev–Trinajstić information content (AvgIpc) is 3.14. The SMILES string of the molecule is Fc1ccccc1-c1nc2cncnc2n1C1CCNC1. The second kappa shape index (κ2) is 4.89. The van der Waals surface area contributed by atoms with Crippen molar-refractivity contribution in [1.82, 2.24) is 24.8 Å². The maximum atomic E-state index is 14.2. The van der Waals surface area contributed by atoms with Gasteiger partial charge >= 0.3 is 0 Å². The lowest BCUT2D eigenvalue weighted by atomic mass is 10.1. The van der Waals surface area contributed by atoms with Crippen LogP contribution in [-0.4, -0.2) is 32.6 Å². The molecule has 106 valence electrons. The first-order valence-corrected chi connectivity index (χ1v) is 6.98. The molecule has 3 heterocycles. The first kappa shape index (κ1) is 12.4. The van der Waals surface area contributed by atoms with Crippen LogP contribution in [0.2, 0.25) is 0 Å². The Bertz CT molecular complexity index is 792. The van der Waals surface area contributed by atoms with E-state index in [0.29, 0.717) is 16.9 Å². The molecule has 0 amide bonds. The fraction of sp³-hybridized carbons (Fsp3) is 0.267. The summed E-state index contributed by atoms with van der Waals surface area (Å²) in [6.45, 7) is 1.79. The van der Waals surface area contributed by atoms with E-state index in [1.807, 2.05) is 10.6 Å². The largest absolute Gasteiger partial charge is 0.315 e. The summed E-state index contributed by atoms with van der Waals surface area (Å²) in [4.78, 5) is 12.9. The maximum Gasteiger partial charge on any atom is 0.163 e. The van der Waals surface area contributed by atoms with Gasteiger partial charge in [-0.2, -0.15) is 0 Å². The van der Waals surface area contributed by atoms with Crippen molar-refractivity contribution < 1.29 is 4.39 Å². The molecule has 1 fully saturated rings. The van der Waals surface area contributed by atoms with Crippen LogP contribution in [0, 0.1) is 5.82 Å². The Labute approximate surface area is 120 Å². The van der Waals surface area contributed by atoms with Crippen LogP contribution < -0.4 is 5.32 Å². The Morgan fingerprint density at radius 1 is 1.29 bits per heavy atom. The van der Waals surface area contributed by atoms with Gasteiger partial charge in [-0.05, 0) is 25.1 Å². The number of rotatable bonds is 2. The normalized spacial score (nSPS) is 18.4. The molecule has 2 aromatic heterocycles. The molecule has 1 unspecified atom stereocenters. The minimum atomic E-state index is -0.270. The number of nitrogens with zero attached hydrogens (tertiary/aromatic N) is 4. The summed E-state index contributed by atoms with van der Waals surface area (Å²) in [5.74, 6) is 0.352. The predicted molar refractivity (Wildman–Crippen MR) is 77.2 cm³/mol. The number of fused-ring (bicyclic) bond motifs is 1. The Balaban J connectivity index is 1.99. The van der Waals surface area contributed by atoms with Crippen molar-refractivity contribution in [2.24, 2.45) is 0 Å². The molecule has 0 saturated carbocycles. The molecule has 4 rings (SSSR count). The fourth-order valence-electron chi connectivity index (χ4n) is 2.89. The van der Waals surface area contributed by atoms with E-state index in [4.69, 9.17) is 0 Å². The quantitative estimate of drug-likeness (QED) is 0.783. The molecule has 1 aliphatic rings. The Morgan fingerprint density at radius 2 is 2.19 bits per heavy atom. The number of hydrogen-bond donors (Lipinski definition) is 1. The molecule has 1 N–H and O–H groups in total. The summed E-state index contributed by atoms with van der Waals surface area (Å²) in [6, 6.07) is 6.95. The van der Waals surface area contributed by atoms with Crippen molar-refractivity contribution in [1.29, 1.82) is 0 Å². The lowest BCUT2D eigenvalue weighted by Crippen LogP contribution is -2.15. The van der Waals surface area contributed by atoms with Gasteiger partial charge < -0.3 is 9.88 Å². The van der Waals surface area contributed by atoms with Crippen molar-refractivity contribution in [3.8, 4) is 11.4 Å². The zero-order valence-corrected chi connectivity index (χ0v) is 11.3. The van der Waals surface area contributed by atoms with E-state index >= 15 is 0 Å². The van der Waals surface area contributed by atoms with E-state index in [9.17, 15) is 4.39 Å². The average molecular weight is 283 g/mol. The van der Waals surface area contributed by atoms with Crippen LogP contribution in [0.5, 0.6) is 0 Å². The van der Waals surface area contributed by atoms with Crippen molar-refractivity contribution in [3.63, 3.8) is 0 Å². The highest BCUT2D eigenvalue weighted by Gasteiger charge is 2.24. The molecule has 3 aromatic rings. The second-order valence-corrected chi connectivity index (χ2v) is 5.16. The Morgan fingerprint density at radius 3 is 3.00 bits per heavy atom. The topological polar surface area (TPSA) is 55.6 Å². The molecule has 1 atom stereocenters. The third kappa shape index (κ3) is 1.99. The van der Waals surface area contributed by atoms with Gasteiger partial charge in [0.25, 0.3) is 0 Å². The van der Waals surface area contributed by atoms with E-state index < -0.39 is 0 Å². The van der Waals surface area contributed by atoms with Crippen LogP contribution >= 0.6 is 0 Å². The maximum absolute atomic E-state index is 14.2. The van der Waals surface area contributed by atoms with Crippen LogP contribution in [0.1, 0.15) is 12.5 Å². The van der Waals surface area contributed by atoms with E-state index in [2.05, 4.69) is 20.3 Å². The van der Waals surface area contributed by atoms with Gasteiger partial charge in [-0.15, -0.1) is 0 Å². The van der Waals surface area contributed by atoms with Crippen molar-refractivity contribution >= 4 is 11.2 Å². The smallest absolute Gasteiger partial charge is 0.163 e. The van der Waals surface area contributed by atoms with Gasteiger partial charge in [-0.3, -0.25) is 0 Å². The Kier molecular flexibility index (Phi) is 2.89. The standard InChI is InChI=1S/C15H14FN5/c16-12-4-2-1-3-11(12)14-20-13-8-18-9-19-15(13)21(14)10-5-6-17-7-10/h1-4,8-10,17H,5-7H2. The van der Waals surface area contributed by atoms with Crippen LogP contribution in [0.15, 0.2) is 36.8 Å². The highest BCUT2D eigenvalue weighted by atomic mass is 19.1. The van der Waals surface area contributed by atoms with Crippen molar-refractivity contribution in [3.05, 3.63) is 42.6 Å². The lowest BCUT2D eigenvalue weighted by Gasteiger charge is -2.15. The fourth-order valence-corrected chi connectivity index (χ4v) is 2.89. The molecule has 0 bridgehead atoms. The summed E-state index contributed by atoms with van der Waals surface area (Å²) < 4.78 is 16.2. The summed E-state index contributed by atoms with van der Waals surface area (Å²) >= 11 is 0. The molecule has 1 aliphatic heterocycles. The van der Waals surface area contributed by atoms with Crippen molar-refractivity contribution in [2.75, 3.05) is 13.1 Å². The molecule has 0 radical (unpaired) electrons. The van der Waals surface area contributed by atoms with Crippen LogP contribution in [0.4, 0.5) is 4.39 Å². The van der Waals surface area contributed by atoms with Gasteiger partial charge in [0.15, 0.2) is 5.65 Å². The number of hydrogen-bond acceptors (Lipinski definition) is 4.